The number of carbonyl (C=O) groups is 3. The zero-order valence-electron chi connectivity index (χ0n) is 14.5. The highest BCUT2D eigenvalue weighted by Crippen LogP contribution is 2.43. The predicted molar refractivity (Wildman–Crippen MR) is 89.8 cm³/mol. The number of carbonyl (C=O) groups excluding carboxylic acids is 1. The molecule has 0 heterocycles. The normalized spacial score (nSPS) is 21.7. The number of hydrogen-bond acceptors (Lipinski definition) is 3. The number of carboxylic acid groups (broad SMARTS) is 2. The van der Waals surface area contributed by atoms with Crippen molar-refractivity contribution >= 4 is 17.7 Å². The lowest BCUT2D eigenvalue weighted by Gasteiger charge is -2.24. The number of hydrogen-bond donors (Lipinski definition) is 2. The van der Waals surface area contributed by atoms with Gasteiger partial charge in [0.25, 0.3) is 0 Å². The minimum absolute atomic E-state index is 0.145. The van der Waals surface area contributed by atoms with E-state index in [2.05, 4.69) is 0 Å². The van der Waals surface area contributed by atoms with Crippen molar-refractivity contribution in [2.24, 2.45) is 10.8 Å². The van der Waals surface area contributed by atoms with Gasteiger partial charge in [-0.1, -0.05) is 25.7 Å². The van der Waals surface area contributed by atoms with Crippen LogP contribution in [0.5, 0.6) is 0 Å². The Morgan fingerprint density at radius 3 is 1.29 bits per heavy atom. The number of carboxylic acids is 2. The van der Waals surface area contributed by atoms with Crippen molar-refractivity contribution in [1.82, 2.24) is 0 Å². The molecule has 5 heteroatoms. The van der Waals surface area contributed by atoms with Crippen LogP contribution in [0.15, 0.2) is 0 Å². The smallest absolute Gasteiger partial charge is 0.309 e. The summed E-state index contributed by atoms with van der Waals surface area (Å²) in [5, 5.41) is 18.9. The van der Waals surface area contributed by atoms with Crippen molar-refractivity contribution in [2.75, 3.05) is 0 Å². The van der Waals surface area contributed by atoms with Gasteiger partial charge in [0.15, 0.2) is 0 Å². The van der Waals surface area contributed by atoms with Gasteiger partial charge < -0.3 is 10.2 Å². The van der Waals surface area contributed by atoms with Crippen LogP contribution in [0.2, 0.25) is 0 Å². The van der Waals surface area contributed by atoms with Crippen LogP contribution in [0, 0.1) is 10.8 Å². The minimum Gasteiger partial charge on any atom is -0.481 e. The van der Waals surface area contributed by atoms with E-state index in [9.17, 15) is 24.6 Å². The standard InChI is InChI=1S/C19H30O5/c20-15(7-5-13-18(16(21)22)9-1-2-10-18)8-6-14-19(17(23)24)11-3-4-12-19/h1-14H2,(H,21,22)(H,23,24). The van der Waals surface area contributed by atoms with Crippen molar-refractivity contribution in [3.8, 4) is 0 Å². The molecular weight excluding hydrogens is 308 g/mol. The van der Waals surface area contributed by atoms with Crippen LogP contribution in [0.4, 0.5) is 0 Å². The first-order valence-electron chi connectivity index (χ1n) is 9.39. The van der Waals surface area contributed by atoms with Crippen LogP contribution in [0.25, 0.3) is 0 Å². The van der Waals surface area contributed by atoms with Gasteiger partial charge in [0, 0.05) is 12.8 Å². The Hall–Kier alpha value is -1.39. The van der Waals surface area contributed by atoms with Crippen LogP contribution in [-0.2, 0) is 14.4 Å². The van der Waals surface area contributed by atoms with Crippen molar-refractivity contribution in [3.05, 3.63) is 0 Å². The number of aliphatic carboxylic acids is 2. The van der Waals surface area contributed by atoms with E-state index >= 15 is 0 Å². The van der Waals surface area contributed by atoms with Crippen molar-refractivity contribution in [1.29, 1.82) is 0 Å². The Morgan fingerprint density at radius 2 is 1.00 bits per heavy atom. The molecular formula is C19H30O5. The maximum atomic E-state index is 12.0. The third-order valence-electron chi connectivity index (χ3n) is 6.25. The van der Waals surface area contributed by atoms with E-state index in [0.717, 1.165) is 51.4 Å². The molecule has 0 radical (unpaired) electrons. The summed E-state index contributed by atoms with van der Waals surface area (Å²) in [5.74, 6) is -1.28. The molecule has 2 saturated carbocycles. The Labute approximate surface area is 143 Å². The monoisotopic (exact) mass is 338 g/mol. The van der Waals surface area contributed by atoms with Crippen LogP contribution in [0.1, 0.15) is 89.9 Å². The van der Waals surface area contributed by atoms with E-state index in [4.69, 9.17) is 0 Å². The zero-order chi connectivity index (χ0) is 17.6. The van der Waals surface area contributed by atoms with Gasteiger partial charge >= 0.3 is 11.9 Å². The first-order valence-corrected chi connectivity index (χ1v) is 9.39. The summed E-state index contributed by atoms with van der Waals surface area (Å²) in [6.07, 6.45) is 10.1. The van der Waals surface area contributed by atoms with Crippen LogP contribution >= 0.6 is 0 Å². The van der Waals surface area contributed by atoms with E-state index in [-0.39, 0.29) is 5.78 Å². The highest BCUT2D eigenvalue weighted by Gasteiger charge is 2.41. The Kier molecular flexibility index (Phi) is 6.41. The minimum atomic E-state index is -0.711. The molecule has 5 nitrogen and oxygen atoms in total. The Morgan fingerprint density at radius 1 is 0.667 bits per heavy atom. The maximum Gasteiger partial charge on any atom is 0.309 e. The molecule has 0 saturated heterocycles. The lowest BCUT2D eigenvalue weighted by Crippen LogP contribution is -2.28. The molecule has 0 aromatic heterocycles. The summed E-state index contributed by atoms with van der Waals surface area (Å²) in [6.45, 7) is 0. The fourth-order valence-electron chi connectivity index (χ4n) is 4.62. The first-order chi connectivity index (χ1) is 11.4. The molecule has 2 N–H and O–H groups in total. The Balaban J connectivity index is 1.68. The summed E-state index contributed by atoms with van der Waals surface area (Å²) in [7, 11) is 0. The van der Waals surface area contributed by atoms with Gasteiger partial charge in [-0.05, 0) is 51.4 Å². The average Bonchev–Trinajstić information content (AvgIpc) is 3.18. The summed E-state index contributed by atoms with van der Waals surface area (Å²) in [6, 6.07) is 0. The van der Waals surface area contributed by atoms with Crippen molar-refractivity contribution < 1.29 is 24.6 Å². The van der Waals surface area contributed by atoms with Gasteiger partial charge in [-0.15, -0.1) is 0 Å². The second-order valence-corrected chi connectivity index (χ2v) is 7.83. The molecule has 0 aromatic rings. The highest BCUT2D eigenvalue weighted by atomic mass is 16.4. The molecule has 0 atom stereocenters. The predicted octanol–water partition coefficient (Wildman–Crippen LogP) is 4.19. The Bertz CT molecular complexity index is 428. The number of Topliss-reactive ketones (excluding diaryl/α,β-unsaturated/α-hetero) is 1. The summed E-state index contributed by atoms with van der Waals surface area (Å²) in [4.78, 5) is 35.0. The third-order valence-corrected chi connectivity index (χ3v) is 6.25. The average molecular weight is 338 g/mol. The van der Waals surface area contributed by atoms with E-state index in [1.54, 1.807) is 0 Å². The number of ketones is 1. The largest absolute Gasteiger partial charge is 0.481 e. The lowest BCUT2D eigenvalue weighted by atomic mass is 9.80. The van der Waals surface area contributed by atoms with E-state index in [0.29, 0.717) is 38.5 Å². The fourth-order valence-corrected chi connectivity index (χ4v) is 4.62. The highest BCUT2D eigenvalue weighted by molar-refractivity contribution is 5.79. The molecule has 0 unspecified atom stereocenters. The SMILES string of the molecule is O=C(CCCC1(C(=O)O)CCCC1)CCCC1(C(=O)O)CCCC1. The molecule has 2 aliphatic carbocycles. The second-order valence-electron chi connectivity index (χ2n) is 7.83. The quantitative estimate of drug-likeness (QED) is 0.623. The lowest BCUT2D eigenvalue weighted by molar-refractivity contribution is -0.150. The van der Waals surface area contributed by atoms with Gasteiger partial charge in [0.2, 0.25) is 0 Å². The fraction of sp³-hybridized carbons (Fsp3) is 0.842. The summed E-state index contributed by atoms with van der Waals surface area (Å²) in [5.41, 5.74) is -1.20. The van der Waals surface area contributed by atoms with Gasteiger partial charge in [0.1, 0.15) is 5.78 Å². The van der Waals surface area contributed by atoms with Gasteiger partial charge in [-0.2, -0.15) is 0 Å². The van der Waals surface area contributed by atoms with E-state index in [1.807, 2.05) is 0 Å². The molecule has 0 aliphatic heterocycles. The zero-order valence-corrected chi connectivity index (χ0v) is 14.5. The molecule has 2 rings (SSSR count). The van der Waals surface area contributed by atoms with Gasteiger partial charge in [-0.3, -0.25) is 14.4 Å². The van der Waals surface area contributed by atoms with Crippen LogP contribution in [0.3, 0.4) is 0 Å². The third kappa shape index (κ3) is 4.37. The van der Waals surface area contributed by atoms with Gasteiger partial charge in [-0.25, -0.2) is 0 Å². The van der Waals surface area contributed by atoms with Crippen LogP contribution in [-0.4, -0.2) is 27.9 Å². The van der Waals surface area contributed by atoms with Crippen molar-refractivity contribution in [2.45, 2.75) is 89.9 Å². The topological polar surface area (TPSA) is 91.7 Å². The van der Waals surface area contributed by atoms with Crippen molar-refractivity contribution in [3.63, 3.8) is 0 Å². The molecule has 24 heavy (non-hydrogen) atoms. The second kappa shape index (κ2) is 8.13. The molecule has 0 bridgehead atoms. The van der Waals surface area contributed by atoms with E-state index < -0.39 is 22.8 Å². The summed E-state index contributed by atoms with van der Waals surface area (Å²) >= 11 is 0. The number of rotatable bonds is 10. The molecule has 136 valence electrons. The van der Waals surface area contributed by atoms with Gasteiger partial charge in [0.05, 0.1) is 10.8 Å². The molecule has 2 fully saturated rings. The summed E-state index contributed by atoms with van der Waals surface area (Å²) < 4.78 is 0. The van der Waals surface area contributed by atoms with E-state index in [1.165, 1.54) is 0 Å². The maximum absolute atomic E-state index is 12.0. The first kappa shape index (κ1) is 18.9. The molecule has 0 aromatic carbocycles. The van der Waals surface area contributed by atoms with Crippen LogP contribution < -0.4 is 0 Å². The molecule has 0 spiro atoms. The molecule has 2 aliphatic rings. The molecule has 0 amide bonds.